The molecular weight excluding hydrogens is 755 g/mol. The Bertz CT molecular complexity index is 2000. The van der Waals surface area contributed by atoms with Gasteiger partial charge in [0.25, 0.3) is 17.7 Å². The Balaban J connectivity index is 1.17. The van der Waals surface area contributed by atoms with E-state index >= 15 is 0 Å². The Labute approximate surface area is 345 Å². The SMILES string of the molecule is CCN(CC)C(=O)c1ccc(NC(=O)c2cccc(CCCOCCOCCOCCOCCC(=O)O)c2)c(-c2nccc(C(=O)N[C@H]3CCCc4ccccc43)n2)c1. The third-order valence-electron chi connectivity index (χ3n) is 9.89. The number of fused-ring (bicyclic) bond motifs is 1. The fourth-order valence-electron chi connectivity index (χ4n) is 6.78. The Kier molecular flexibility index (Phi) is 17.9. The Morgan fingerprint density at radius 1 is 0.780 bits per heavy atom. The number of ether oxygens (including phenoxy) is 4. The van der Waals surface area contributed by atoms with E-state index < -0.39 is 5.97 Å². The number of nitrogens with zero attached hydrogens (tertiary/aromatic N) is 3. The maximum atomic E-state index is 13.7. The van der Waals surface area contributed by atoms with E-state index in [-0.39, 0.29) is 48.3 Å². The zero-order chi connectivity index (χ0) is 41.8. The van der Waals surface area contributed by atoms with Gasteiger partial charge in [0.2, 0.25) is 0 Å². The molecule has 1 heterocycles. The van der Waals surface area contributed by atoms with Crippen LogP contribution >= 0.6 is 0 Å². The van der Waals surface area contributed by atoms with Crippen LogP contribution in [0.1, 0.15) is 93.5 Å². The largest absolute Gasteiger partial charge is 0.481 e. The first-order valence-electron chi connectivity index (χ1n) is 20.4. The molecule has 5 rings (SSSR count). The number of aliphatic carboxylic acids is 1. The Morgan fingerprint density at radius 2 is 1.49 bits per heavy atom. The fourth-order valence-corrected chi connectivity index (χ4v) is 6.78. The number of aryl methyl sites for hydroxylation is 2. The van der Waals surface area contributed by atoms with Crippen LogP contribution in [0.4, 0.5) is 5.69 Å². The Hall–Kier alpha value is -5.54. The van der Waals surface area contributed by atoms with Gasteiger partial charge < -0.3 is 39.6 Å². The molecule has 0 radical (unpaired) electrons. The van der Waals surface area contributed by atoms with Crippen LogP contribution in [0.3, 0.4) is 0 Å². The summed E-state index contributed by atoms with van der Waals surface area (Å²) >= 11 is 0. The van der Waals surface area contributed by atoms with Crippen LogP contribution < -0.4 is 10.6 Å². The average molecular weight is 810 g/mol. The van der Waals surface area contributed by atoms with Crippen LogP contribution in [-0.2, 0) is 36.6 Å². The number of benzene rings is 3. The third kappa shape index (κ3) is 13.8. The molecule has 0 bridgehead atoms. The molecule has 3 amide bonds. The second-order valence-corrected chi connectivity index (χ2v) is 14.0. The molecule has 3 N–H and O–H groups in total. The molecule has 1 aliphatic carbocycles. The molecule has 0 saturated heterocycles. The minimum atomic E-state index is -0.891. The number of carbonyl (C=O) groups is 4. The Morgan fingerprint density at radius 3 is 2.22 bits per heavy atom. The van der Waals surface area contributed by atoms with Gasteiger partial charge in [-0.2, -0.15) is 0 Å². The van der Waals surface area contributed by atoms with E-state index in [9.17, 15) is 19.2 Å². The van der Waals surface area contributed by atoms with Gasteiger partial charge in [0.05, 0.1) is 64.4 Å². The van der Waals surface area contributed by atoms with E-state index in [4.69, 9.17) is 24.1 Å². The van der Waals surface area contributed by atoms with Gasteiger partial charge in [0.15, 0.2) is 5.82 Å². The highest BCUT2D eigenvalue weighted by Gasteiger charge is 2.24. The summed E-state index contributed by atoms with van der Waals surface area (Å²) < 4.78 is 21.8. The molecule has 14 heteroatoms. The van der Waals surface area contributed by atoms with E-state index in [0.717, 1.165) is 36.8 Å². The second kappa shape index (κ2) is 23.8. The molecule has 59 heavy (non-hydrogen) atoms. The molecule has 0 spiro atoms. The van der Waals surface area contributed by atoms with Crippen molar-refractivity contribution in [2.75, 3.05) is 71.3 Å². The normalized spacial score (nSPS) is 13.4. The standard InChI is InChI=1S/C45H55N5O9/c1-3-50(4-2)45(55)35-17-18-39(37(31-35)42-46-21-19-40(47-42)44(54)49-38-16-8-13-33-12-5-6-15-36(33)38)48-43(53)34-14-7-10-32(30-34)11-9-22-56-24-26-58-28-29-59-27-25-57-23-20-41(51)52/h5-7,10,12,14-15,17-19,21,30-31,38H,3-4,8-9,11,13,16,20,22-29H2,1-2H3,(H,48,53)(H,49,54)(H,51,52)/t38-/m0/s1. The van der Waals surface area contributed by atoms with Gasteiger partial charge in [-0.05, 0) is 99.0 Å². The van der Waals surface area contributed by atoms with Crippen molar-refractivity contribution < 1.29 is 43.2 Å². The van der Waals surface area contributed by atoms with Crippen LogP contribution in [0.2, 0.25) is 0 Å². The predicted molar refractivity (Wildman–Crippen MR) is 223 cm³/mol. The van der Waals surface area contributed by atoms with Crippen molar-refractivity contribution in [2.24, 2.45) is 0 Å². The summed E-state index contributed by atoms with van der Waals surface area (Å²) in [4.78, 5) is 62.1. The van der Waals surface area contributed by atoms with Crippen LogP contribution in [0, 0.1) is 0 Å². The summed E-state index contributed by atoms with van der Waals surface area (Å²) in [5, 5.41) is 14.8. The highest BCUT2D eigenvalue weighted by atomic mass is 16.6. The second-order valence-electron chi connectivity index (χ2n) is 14.0. The highest BCUT2D eigenvalue weighted by Crippen LogP contribution is 2.31. The molecule has 1 aliphatic rings. The van der Waals surface area contributed by atoms with Gasteiger partial charge in [-0.3, -0.25) is 19.2 Å². The zero-order valence-electron chi connectivity index (χ0n) is 34.0. The van der Waals surface area contributed by atoms with Crippen molar-refractivity contribution in [2.45, 2.75) is 58.4 Å². The van der Waals surface area contributed by atoms with Crippen molar-refractivity contribution in [3.8, 4) is 11.4 Å². The van der Waals surface area contributed by atoms with E-state index in [1.54, 1.807) is 35.2 Å². The van der Waals surface area contributed by atoms with E-state index in [1.165, 1.54) is 11.8 Å². The first-order chi connectivity index (χ1) is 28.8. The minimum Gasteiger partial charge on any atom is -0.481 e. The quantitative estimate of drug-likeness (QED) is 0.0691. The molecule has 1 aromatic heterocycles. The molecule has 314 valence electrons. The number of carbonyl (C=O) groups excluding carboxylic acids is 3. The maximum Gasteiger partial charge on any atom is 0.305 e. The number of amides is 3. The number of carboxylic acids is 1. The van der Waals surface area contributed by atoms with Gasteiger partial charge in [-0.1, -0.05) is 36.4 Å². The van der Waals surface area contributed by atoms with Crippen LogP contribution in [0.15, 0.2) is 79.0 Å². The summed E-state index contributed by atoms with van der Waals surface area (Å²) in [5.41, 5.74) is 5.20. The molecule has 14 nitrogen and oxygen atoms in total. The first-order valence-corrected chi connectivity index (χ1v) is 20.4. The van der Waals surface area contributed by atoms with Crippen LogP contribution in [-0.4, -0.2) is 110 Å². The molecule has 4 aromatic rings. The number of rotatable bonds is 24. The molecule has 0 fully saturated rings. The van der Waals surface area contributed by atoms with E-state index in [2.05, 4.69) is 32.7 Å². The smallest absolute Gasteiger partial charge is 0.305 e. The molecular formula is C45H55N5O9. The summed E-state index contributed by atoms with van der Waals surface area (Å²) in [6.45, 7) is 7.99. The van der Waals surface area contributed by atoms with E-state index in [1.807, 2.05) is 44.2 Å². The van der Waals surface area contributed by atoms with Crippen molar-refractivity contribution in [3.63, 3.8) is 0 Å². The van der Waals surface area contributed by atoms with Crippen molar-refractivity contribution in [1.29, 1.82) is 0 Å². The number of hydrogen-bond donors (Lipinski definition) is 3. The van der Waals surface area contributed by atoms with Crippen molar-refractivity contribution in [1.82, 2.24) is 20.2 Å². The highest BCUT2D eigenvalue weighted by molar-refractivity contribution is 6.07. The number of anilines is 1. The van der Waals surface area contributed by atoms with Crippen molar-refractivity contribution >= 4 is 29.4 Å². The number of aromatic nitrogens is 2. The lowest BCUT2D eigenvalue weighted by atomic mass is 9.87. The third-order valence-corrected chi connectivity index (χ3v) is 9.89. The topological polar surface area (TPSA) is 179 Å². The lowest BCUT2D eigenvalue weighted by Crippen LogP contribution is -2.31. The van der Waals surface area contributed by atoms with Gasteiger partial charge >= 0.3 is 5.97 Å². The molecule has 0 saturated carbocycles. The summed E-state index contributed by atoms with van der Waals surface area (Å²) in [6.07, 6.45) is 5.71. The van der Waals surface area contributed by atoms with Crippen LogP contribution in [0.25, 0.3) is 11.4 Å². The van der Waals surface area contributed by atoms with Crippen molar-refractivity contribution in [3.05, 3.63) is 113 Å². The summed E-state index contributed by atoms with van der Waals surface area (Å²) in [6, 6.07) is 22.0. The zero-order valence-corrected chi connectivity index (χ0v) is 34.0. The molecule has 0 aliphatic heterocycles. The molecule has 1 atom stereocenters. The summed E-state index contributed by atoms with van der Waals surface area (Å²) in [7, 11) is 0. The minimum absolute atomic E-state index is 0.0265. The predicted octanol–water partition coefficient (Wildman–Crippen LogP) is 6.16. The van der Waals surface area contributed by atoms with Gasteiger partial charge in [-0.25, -0.2) is 9.97 Å². The van der Waals surface area contributed by atoms with Crippen LogP contribution in [0.5, 0.6) is 0 Å². The maximum absolute atomic E-state index is 13.7. The lowest BCUT2D eigenvalue weighted by Gasteiger charge is -2.26. The monoisotopic (exact) mass is 809 g/mol. The number of carboxylic acid groups (broad SMARTS) is 1. The van der Waals surface area contributed by atoms with E-state index in [0.29, 0.717) is 88.1 Å². The van der Waals surface area contributed by atoms with Gasteiger partial charge in [0.1, 0.15) is 5.69 Å². The molecule has 3 aromatic carbocycles. The number of hydrogen-bond acceptors (Lipinski definition) is 10. The molecule has 0 unspecified atom stereocenters. The summed E-state index contributed by atoms with van der Waals surface area (Å²) in [5.74, 6) is -1.52. The number of nitrogens with one attached hydrogen (secondary N) is 2. The fraction of sp³-hybridized carbons (Fsp3) is 0.422. The first kappa shape index (κ1) is 44.6. The van der Waals surface area contributed by atoms with Gasteiger partial charge in [-0.15, -0.1) is 0 Å². The lowest BCUT2D eigenvalue weighted by molar-refractivity contribution is -0.138. The average Bonchev–Trinajstić information content (AvgIpc) is 3.25. The van der Waals surface area contributed by atoms with Gasteiger partial charge in [0, 0.05) is 42.6 Å².